The first kappa shape index (κ1) is 25.1. The van der Waals surface area contributed by atoms with E-state index in [4.69, 9.17) is 26.2 Å². The Bertz CT molecular complexity index is 1230. The summed E-state index contributed by atoms with van der Waals surface area (Å²) in [4.78, 5) is 40.1. The first-order chi connectivity index (χ1) is 16.2. The molecule has 0 spiro atoms. The fourth-order valence-corrected chi connectivity index (χ4v) is 4.12. The van der Waals surface area contributed by atoms with Gasteiger partial charge in [0.2, 0.25) is 0 Å². The smallest absolute Gasteiger partial charge is 0.344 e. The Labute approximate surface area is 204 Å². The molecule has 2 N–H and O–H groups in total. The van der Waals surface area contributed by atoms with Crippen LogP contribution in [0.15, 0.2) is 63.7 Å². The number of aliphatic carboxylic acids is 1. The third-order valence-electron chi connectivity index (χ3n) is 4.48. The first-order valence-electron chi connectivity index (χ1n) is 10.0. The van der Waals surface area contributed by atoms with Crippen LogP contribution in [0.5, 0.6) is 5.75 Å². The fraction of sp³-hybridized carbons (Fsp3) is 0.167. The number of carbonyl (C=O) groups excluding carboxylic acids is 2. The Kier molecular flexibility index (Phi) is 8.14. The average molecular weight is 502 g/mol. The number of aliphatic imine (C=N–C) groups is 1. The van der Waals surface area contributed by atoms with Crippen LogP contribution in [0.3, 0.4) is 0 Å². The molecule has 34 heavy (non-hydrogen) atoms. The molecule has 0 bridgehead atoms. The van der Waals surface area contributed by atoms with Gasteiger partial charge in [0.25, 0.3) is 5.91 Å². The highest BCUT2D eigenvalue weighted by Gasteiger charge is 2.34. The molecule has 0 radical (unpaired) electrons. The lowest BCUT2D eigenvalue weighted by atomic mass is 10.1. The minimum absolute atomic E-state index is 0.0142. The number of ether oxygens (including phenoxy) is 2. The molecule has 10 heteroatoms. The summed E-state index contributed by atoms with van der Waals surface area (Å²) in [7, 11) is 0. The van der Waals surface area contributed by atoms with Crippen LogP contribution < -0.4 is 4.74 Å². The molecular weight excluding hydrogens is 482 g/mol. The van der Waals surface area contributed by atoms with Gasteiger partial charge in [0.1, 0.15) is 22.1 Å². The molecule has 0 fully saturated rings. The largest absolute Gasteiger partial charge is 0.506 e. The Balaban J connectivity index is 1.94. The lowest BCUT2D eigenvalue weighted by molar-refractivity contribution is -0.139. The third kappa shape index (κ3) is 6.06. The lowest BCUT2D eigenvalue weighted by Crippen LogP contribution is -2.14. The van der Waals surface area contributed by atoms with Crippen LogP contribution in [-0.2, 0) is 14.3 Å². The van der Waals surface area contributed by atoms with Crippen molar-refractivity contribution < 1.29 is 34.1 Å². The van der Waals surface area contributed by atoms with Crippen molar-refractivity contribution in [3.8, 4) is 5.75 Å². The van der Waals surface area contributed by atoms with Crippen LogP contribution in [-0.4, -0.2) is 46.3 Å². The standard InChI is InChI=1S/C24H20ClNO7S/c1-3-32-24(31)20-21(29)18(11-14-6-9-17(16(25)10-14)33-12-19(27)28)34-23(20)26-22(30)15-7-4-13(2)5-8-15/h4-11,29H,3,12H2,1-2H3,(H,27,28)/b18-11-,26-23?. The van der Waals surface area contributed by atoms with E-state index in [1.165, 1.54) is 12.1 Å². The van der Waals surface area contributed by atoms with Gasteiger partial charge in [0.15, 0.2) is 6.61 Å². The molecule has 2 aromatic carbocycles. The maximum atomic E-state index is 12.7. The van der Waals surface area contributed by atoms with E-state index in [1.807, 2.05) is 6.92 Å². The van der Waals surface area contributed by atoms with Gasteiger partial charge in [-0.15, -0.1) is 0 Å². The van der Waals surface area contributed by atoms with E-state index in [9.17, 15) is 19.5 Å². The van der Waals surface area contributed by atoms with Gasteiger partial charge < -0.3 is 19.7 Å². The molecule has 3 rings (SSSR count). The minimum atomic E-state index is -1.14. The molecule has 1 amide bonds. The number of hydrogen-bond acceptors (Lipinski definition) is 7. The Morgan fingerprint density at radius 1 is 1.15 bits per heavy atom. The number of aliphatic hydroxyl groups is 1. The summed E-state index contributed by atoms with van der Waals surface area (Å²) in [6.07, 6.45) is 1.55. The van der Waals surface area contributed by atoms with E-state index in [1.54, 1.807) is 43.3 Å². The maximum Gasteiger partial charge on any atom is 0.344 e. The van der Waals surface area contributed by atoms with Crippen LogP contribution >= 0.6 is 23.4 Å². The second-order valence-electron chi connectivity index (χ2n) is 7.02. The predicted octanol–water partition coefficient (Wildman–Crippen LogP) is 4.81. The summed E-state index contributed by atoms with van der Waals surface area (Å²) >= 11 is 7.10. The van der Waals surface area contributed by atoms with Crippen molar-refractivity contribution in [2.24, 2.45) is 4.99 Å². The summed E-state index contributed by atoms with van der Waals surface area (Å²) in [6.45, 7) is 3.04. The zero-order chi connectivity index (χ0) is 24.8. The Hall–Kier alpha value is -3.56. The van der Waals surface area contributed by atoms with E-state index in [0.29, 0.717) is 11.1 Å². The first-order valence-corrected chi connectivity index (χ1v) is 11.2. The molecule has 1 aliphatic rings. The Morgan fingerprint density at radius 2 is 1.85 bits per heavy atom. The monoisotopic (exact) mass is 501 g/mol. The molecule has 0 atom stereocenters. The number of carboxylic acids is 1. The highest BCUT2D eigenvalue weighted by atomic mass is 35.5. The predicted molar refractivity (Wildman–Crippen MR) is 129 cm³/mol. The fourth-order valence-electron chi connectivity index (χ4n) is 2.86. The highest BCUT2D eigenvalue weighted by molar-refractivity contribution is 8.18. The number of thioether (sulfide) groups is 1. The molecule has 0 aromatic heterocycles. The topological polar surface area (TPSA) is 122 Å². The number of esters is 1. The van der Waals surface area contributed by atoms with E-state index in [0.717, 1.165) is 17.3 Å². The third-order valence-corrected chi connectivity index (χ3v) is 5.79. The van der Waals surface area contributed by atoms with Gasteiger partial charge in [-0.2, -0.15) is 0 Å². The van der Waals surface area contributed by atoms with Crippen molar-refractivity contribution >= 4 is 52.3 Å². The zero-order valence-electron chi connectivity index (χ0n) is 18.2. The number of amides is 1. The number of nitrogens with zero attached hydrogens (tertiary/aromatic N) is 1. The van der Waals surface area contributed by atoms with Crippen LogP contribution in [0.1, 0.15) is 28.4 Å². The van der Waals surface area contributed by atoms with Crippen molar-refractivity contribution in [3.05, 3.63) is 80.4 Å². The van der Waals surface area contributed by atoms with Gasteiger partial charge in [-0.3, -0.25) is 4.79 Å². The lowest BCUT2D eigenvalue weighted by Gasteiger charge is -2.06. The second kappa shape index (κ2) is 11.0. The summed E-state index contributed by atoms with van der Waals surface area (Å²) in [6, 6.07) is 11.4. The second-order valence-corrected chi connectivity index (χ2v) is 8.45. The quantitative estimate of drug-likeness (QED) is 0.518. The Morgan fingerprint density at radius 3 is 2.47 bits per heavy atom. The average Bonchev–Trinajstić information content (AvgIpc) is 3.08. The number of hydrogen-bond donors (Lipinski definition) is 2. The van der Waals surface area contributed by atoms with Gasteiger partial charge >= 0.3 is 11.9 Å². The number of aliphatic hydroxyl groups excluding tert-OH is 1. The molecule has 0 unspecified atom stereocenters. The normalized spacial score (nSPS) is 15.6. The summed E-state index contributed by atoms with van der Waals surface area (Å²) in [5, 5.41) is 19.7. The van der Waals surface area contributed by atoms with Crippen molar-refractivity contribution in [3.63, 3.8) is 0 Å². The molecule has 8 nitrogen and oxygen atoms in total. The maximum absolute atomic E-state index is 12.7. The SMILES string of the molecule is CCOC(=O)C1=C(O)/C(=C/c2ccc(OCC(=O)O)c(Cl)c2)SC1=NC(=O)c1ccc(C)cc1. The van der Waals surface area contributed by atoms with Crippen molar-refractivity contribution in [2.45, 2.75) is 13.8 Å². The molecule has 0 aliphatic carbocycles. The summed E-state index contributed by atoms with van der Waals surface area (Å²) in [5.74, 6) is -2.70. The molecule has 176 valence electrons. The zero-order valence-corrected chi connectivity index (χ0v) is 19.8. The number of rotatable bonds is 7. The highest BCUT2D eigenvalue weighted by Crippen LogP contribution is 2.40. The number of aryl methyl sites for hydroxylation is 1. The van der Waals surface area contributed by atoms with E-state index in [-0.39, 0.29) is 38.7 Å². The van der Waals surface area contributed by atoms with Crippen LogP contribution in [0, 0.1) is 6.92 Å². The molecule has 0 saturated carbocycles. The van der Waals surface area contributed by atoms with Crippen LogP contribution in [0.4, 0.5) is 0 Å². The number of benzene rings is 2. The number of halogens is 1. The molecule has 1 aliphatic heterocycles. The van der Waals surface area contributed by atoms with E-state index in [2.05, 4.69) is 4.99 Å². The number of carboxylic acid groups (broad SMARTS) is 1. The van der Waals surface area contributed by atoms with Crippen molar-refractivity contribution in [2.75, 3.05) is 13.2 Å². The molecule has 0 saturated heterocycles. The summed E-state index contributed by atoms with van der Waals surface area (Å²) in [5.41, 5.74) is 1.65. The van der Waals surface area contributed by atoms with Crippen molar-refractivity contribution in [1.29, 1.82) is 0 Å². The van der Waals surface area contributed by atoms with Gasteiger partial charge in [-0.25, -0.2) is 14.6 Å². The van der Waals surface area contributed by atoms with Gasteiger partial charge in [0, 0.05) is 5.56 Å². The van der Waals surface area contributed by atoms with Crippen LogP contribution in [0.2, 0.25) is 5.02 Å². The van der Waals surface area contributed by atoms with Crippen LogP contribution in [0.25, 0.3) is 6.08 Å². The molecule has 1 heterocycles. The summed E-state index contributed by atoms with van der Waals surface area (Å²) < 4.78 is 10.1. The minimum Gasteiger partial charge on any atom is -0.506 e. The van der Waals surface area contributed by atoms with Gasteiger partial charge in [-0.1, -0.05) is 47.1 Å². The molecular formula is C24H20ClNO7S. The number of carbonyl (C=O) groups is 3. The van der Waals surface area contributed by atoms with Crippen molar-refractivity contribution in [1.82, 2.24) is 0 Å². The van der Waals surface area contributed by atoms with E-state index < -0.39 is 24.5 Å². The molecule has 2 aromatic rings. The van der Waals surface area contributed by atoms with Gasteiger partial charge in [0.05, 0.1) is 16.5 Å². The van der Waals surface area contributed by atoms with Gasteiger partial charge in [-0.05, 0) is 49.8 Å². The van der Waals surface area contributed by atoms with E-state index >= 15 is 0 Å².